The first-order valence-corrected chi connectivity index (χ1v) is 10.0. The highest BCUT2D eigenvalue weighted by molar-refractivity contribution is 7.10. The average Bonchev–Trinajstić information content (AvgIpc) is 3.16. The van der Waals surface area contributed by atoms with Gasteiger partial charge in [-0.1, -0.05) is 0 Å². The molecule has 1 heterocycles. The van der Waals surface area contributed by atoms with Crippen LogP contribution in [0.2, 0.25) is 0 Å². The second-order valence-electron chi connectivity index (χ2n) is 7.06. The van der Waals surface area contributed by atoms with Crippen molar-refractivity contribution in [3.8, 4) is 17.2 Å². The van der Waals surface area contributed by atoms with Crippen molar-refractivity contribution in [1.82, 2.24) is 4.90 Å². The monoisotopic (exact) mass is 391 g/mol. The number of hydrogen-bond acceptors (Lipinski definition) is 6. The molecular formula is C21H29NO4S. The van der Waals surface area contributed by atoms with E-state index in [-0.39, 0.29) is 5.54 Å². The Labute approximate surface area is 165 Å². The van der Waals surface area contributed by atoms with Gasteiger partial charge in [-0.15, -0.1) is 11.3 Å². The first kappa shape index (κ1) is 20.0. The standard InChI is InChI=1S/C21H29NO4S/c1-22(2)21(9-6-7-19-16(21)8-10-27-19)14-26-13-15-11-17(23-3)20(25-5)18(12-15)24-4/h8,10-12H,6-7,9,13-14H2,1-5H3. The minimum atomic E-state index is -0.0613. The molecule has 1 unspecified atom stereocenters. The van der Waals surface area contributed by atoms with Gasteiger partial charge in [-0.25, -0.2) is 0 Å². The van der Waals surface area contributed by atoms with Gasteiger partial charge >= 0.3 is 0 Å². The molecule has 6 heteroatoms. The first-order chi connectivity index (χ1) is 13.1. The summed E-state index contributed by atoms with van der Waals surface area (Å²) in [5.74, 6) is 1.90. The van der Waals surface area contributed by atoms with E-state index in [1.54, 1.807) is 21.3 Å². The van der Waals surface area contributed by atoms with E-state index in [2.05, 4.69) is 30.4 Å². The van der Waals surface area contributed by atoms with Crippen molar-refractivity contribution in [3.05, 3.63) is 39.6 Å². The fourth-order valence-electron chi connectivity index (χ4n) is 3.92. The number of aryl methyl sites for hydroxylation is 1. The molecule has 0 N–H and O–H groups in total. The van der Waals surface area contributed by atoms with Gasteiger partial charge in [0, 0.05) is 4.88 Å². The van der Waals surface area contributed by atoms with Crippen molar-refractivity contribution >= 4 is 11.3 Å². The molecule has 0 amide bonds. The van der Waals surface area contributed by atoms with Crippen molar-refractivity contribution in [3.63, 3.8) is 0 Å². The average molecular weight is 392 g/mol. The van der Waals surface area contributed by atoms with Crippen LogP contribution in [-0.4, -0.2) is 46.9 Å². The summed E-state index contributed by atoms with van der Waals surface area (Å²) < 4.78 is 22.5. The highest BCUT2D eigenvalue weighted by Crippen LogP contribution is 2.42. The number of likely N-dealkylation sites (N-methyl/N-ethyl adjacent to an activating group) is 1. The molecule has 148 valence electrons. The highest BCUT2D eigenvalue weighted by atomic mass is 32.1. The molecule has 0 radical (unpaired) electrons. The number of methoxy groups -OCH3 is 3. The van der Waals surface area contributed by atoms with Gasteiger partial charge < -0.3 is 18.9 Å². The molecule has 1 atom stereocenters. The zero-order chi connectivity index (χ0) is 19.4. The smallest absolute Gasteiger partial charge is 0.203 e. The molecule has 3 rings (SSSR count). The van der Waals surface area contributed by atoms with Gasteiger partial charge in [0.15, 0.2) is 11.5 Å². The van der Waals surface area contributed by atoms with E-state index in [0.717, 1.165) is 12.0 Å². The molecule has 1 aromatic carbocycles. The molecule has 27 heavy (non-hydrogen) atoms. The van der Waals surface area contributed by atoms with E-state index < -0.39 is 0 Å². The van der Waals surface area contributed by atoms with Crippen LogP contribution in [0.4, 0.5) is 0 Å². The summed E-state index contributed by atoms with van der Waals surface area (Å²) in [4.78, 5) is 3.80. The molecule has 0 spiro atoms. The van der Waals surface area contributed by atoms with E-state index in [4.69, 9.17) is 18.9 Å². The Morgan fingerprint density at radius 2 is 1.78 bits per heavy atom. The Morgan fingerprint density at radius 3 is 2.37 bits per heavy atom. The largest absolute Gasteiger partial charge is 0.493 e. The van der Waals surface area contributed by atoms with Crippen LogP contribution in [0.3, 0.4) is 0 Å². The molecule has 0 saturated heterocycles. The second kappa shape index (κ2) is 8.50. The minimum Gasteiger partial charge on any atom is -0.493 e. The van der Waals surface area contributed by atoms with Crippen molar-refractivity contribution in [1.29, 1.82) is 0 Å². The van der Waals surface area contributed by atoms with Gasteiger partial charge in [0.05, 0.1) is 40.1 Å². The number of hydrogen-bond donors (Lipinski definition) is 0. The molecule has 0 bridgehead atoms. The van der Waals surface area contributed by atoms with Gasteiger partial charge in [-0.05, 0) is 68.1 Å². The second-order valence-corrected chi connectivity index (χ2v) is 8.06. The number of fused-ring (bicyclic) bond motifs is 1. The Hall–Kier alpha value is -1.76. The molecular weight excluding hydrogens is 362 g/mol. The fraction of sp³-hybridized carbons (Fsp3) is 0.524. The van der Waals surface area contributed by atoms with Crippen LogP contribution in [0.1, 0.15) is 28.8 Å². The molecule has 0 fully saturated rings. The fourth-order valence-corrected chi connectivity index (χ4v) is 4.94. The van der Waals surface area contributed by atoms with Crippen molar-refractivity contribution < 1.29 is 18.9 Å². The molecule has 1 aliphatic carbocycles. The number of ether oxygens (including phenoxy) is 4. The number of nitrogens with zero attached hydrogens (tertiary/aromatic N) is 1. The molecule has 0 saturated carbocycles. The Bertz CT molecular complexity index is 748. The summed E-state index contributed by atoms with van der Waals surface area (Å²) in [6.45, 7) is 1.15. The van der Waals surface area contributed by atoms with Crippen LogP contribution in [-0.2, 0) is 23.3 Å². The van der Waals surface area contributed by atoms with Gasteiger partial charge in [0.25, 0.3) is 0 Å². The Morgan fingerprint density at radius 1 is 1.07 bits per heavy atom. The molecule has 0 aliphatic heterocycles. The van der Waals surface area contributed by atoms with Crippen LogP contribution in [0.25, 0.3) is 0 Å². The summed E-state index contributed by atoms with van der Waals surface area (Å²) >= 11 is 1.86. The summed E-state index contributed by atoms with van der Waals surface area (Å²) in [5.41, 5.74) is 2.36. The van der Waals surface area contributed by atoms with Gasteiger partial charge in [0.2, 0.25) is 5.75 Å². The summed E-state index contributed by atoms with van der Waals surface area (Å²) in [6.07, 6.45) is 3.48. The SMILES string of the molecule is COc1cc(COCC2(N(C)C)CCCc3sccc32)cc(OC)c1OC. The topological polar surface area (TPSA) is 40.2 Å². The van der Waals surface area contributed by atoms with Crippen molar-refractivity contribution in [2.45, 2.75) is 31.4 Å². The lowest BCUT2D eigenvalue weighted by Crippen LogP contribution is -2.47. The summed E-state index contributed by atoms with van der Waals surface area (Å²) in [6, 6.07) is 6.16. The molecule has 1 aromatic heterocycles. The molecule has 5 nitrogen and oxygen atoms in total. The zero-order valence-electron chi connectivity index (χ0n) is 16.8. The predicted octanol–water partition coefficient (Wildman–Crippen LogP) is 4.08. The maximum absolute atomic E-state index is 6.23. The van der Waals surface area contributed by atoms with E-state index in [1.165, 1.54) is 23.3 Å². The van der Waals surface area contributed by atoms with Gasteiger partial charge in [-0.2, -0.15) is 0 Å². The maximum atomic E-state index is 6.23. The third-order valence-electron chi connectivity index (χ3n) is 5.43. The van der Waals surface area contributed by atoms with Crippen LogP contribution < -0.4 is 14.2 Å². The van der Waals surface area contributed by atoms with Crippen LogP contribution in [0, 0.1) is 0 Å². The van der Waals surface area contributed by atoms with E-state index in [9.17, 15) is 0 Å². The van der Waals surface area contributed by atoms with Crippen LogP contribution in [0.15, 0.2) is 23.6 Å². The maximum Gasteiger partial charge on any atom is 0.203 e. The quantitative estimate of drug-likeness (QED) is 0.678. The zero-order valence-corrected chi connectivity index (χ0v) is 17.6. The van der Waals surface area contributed by atoms with Gasteiger partial charge in [-0.3, -0.25) is 4.90 Å². The first-order valence-electron chi connectivity index (χ1n) is 9.16. The minimum absolute atomic E-state index is 0.0613. The van der Waals surface area contributed by atoms with E-state index >= 15 is 0 Å². The molecule has 2 aromatic rings. The Balaban J connectivity index is 1.78. The van der Waals surface area contributed by atoms with E-state index in [1.807, 2.05) is 23.5 Å². The van der Waals surface area contributed by atoms with Gasteiger partial charge in [0.1, 0.15) is 0 Å². The summed E-state index contributed by atoms with van der Waals surface area (Å²) in [5, 5.41) is 2.20. The Kier molecular flexibility index (Phi) is 6.29. The lowest BCUT2D eigenvalue weighted by Gasteiger charge is -2.43. The number of rotatable bonds is 8. The normalized spacial score (nSPS) is 19.0. The van der Waals surface area contributed by atoms with Crippen molar-refractivity contribution in [2.75, 3.05) is 42.0 Å². The van der Waals surface area contributed by atoms with E-state index in [0.29, 0.717) is 30.5 Å². The number of thiophene rings is 1. The highest BCUT2D eigenvalue weighted by Gasteiger charge is 2.39. The van der Waals surface area contributed by atoms with Crippen LogP contribution in [0.5, 0.6) is 17.2 Å². The predicted molar refractivity (Wildman–Crippen MR) is 108 cm³/mol. The van der Waals surface area contributed by atoms with Crippen LogP contribution >= 0.6 is 11.3 Å². The van der Waals surface area contributed by atoms with Crippen molar-refractivity contribution in [2.24, 2.45) is 0 Å². The molecule has 1 aliphatic rings. The summed E-state index contributed by atoms with van der Waals surface area (Å²) in [7, 11) is 9.16. The third-order valence-corrected chi connectivity index (χ3v) is 6.41. The number of benzene rings is 1. The lowest BCUT2D eigenvalue weighted by molar-refractivity contribution is -0.00509. The lowest BCUT2D eigenvalue weighted by atomic mass is 9.80. The third kappa shape index (κ3) is 3.79.